The van der Waals surface area contributed by atoms with Gasteiger partial charge in [-0.25, -0.2) is 0 Å². The number of aromatic nitrogens is 1. The number of aryl methyl sites for hydroxylation is 5. The van der Waals surface area contributed by atoms with E-state index in [0.29, 0.717) is 5.39 Å². The SMILES string of the molecule is C=c1cc2c3cc(Oc4c(C)cccc4C)c4c5cccc6ccc(Oc7c(C)cccc7C)c(c7ccc(c(=O)n2c2ccc(C)cc12)c3c74)c65. The molecule has 0 bridgehead atoms. The van der Waals surface area contributed by atoms with Gasteiger partial charge in [0, 0.05) is 43.1 Å². The molecule has 0 atom stereocenters. The number of ether oxygens (including phenoxy) is 2. The van der Waals surface area contributed by atoms with E-state index in [1.54, 1.807) is 0 Å². The van der Waals surface area contributed by atoms with Gasteiger partial charge < -0.3 is 9.47 Å². The number of nitrogens with zero attached hydrogens (tertiary/aromatic N) is 1. The maximum absolute atomic E-state index is 14.8. The molecule has 0 fully saturated rings. The third-order valence-corrected chi connectivity index (χ3v) is 11.0. The minimum absolute atomic E-state index is 0.0543. The number of pyridine rings is 2. The molecule has 0 radical (unpaired) electrons. The van der Waals surface area contributed by atoms with Crippen LogP contribution in [0, 0.1) is 34.6 Å². The molecular formula is C48H35NO3. The molecule has 0 aliphatic carbocycles. The molecule has 4 heteroatoms. The van der Waals surface area contributed by atoms with Gasteiger partial charge in [0.2, 0.25) is 0 Å². The van der Waals surface area contributed by atoms with Crippen molar-refractivity contribution in [1.82, 2.24) is 4.40 Å². The molecule has 0 aliphatic rings. The van der Waals surface area contributed by atoms with Crippen LogP contribution in [0.5, 0.6) is 23.0 Å². The third-order valence-electron chi connectivity index (χ3n) is 11.0. The Morgan fingerprint density at radius 1 is 0.481 bits per heavy atom. The van der Waals surface area contributed by atoms with Crippen molar-refractivity contribution in [2.24, 2.45) is 0 Å². The highest BCUT2D eigenvalue weighted by Crippen LogP contribution is 2.51. The number of para-hydroxylation sites is 2. The van der Waals surface area contributed by atoms with E-state index < -0.39 is 0 Å². The lowest BCUT2D eigenvalue weighted by molar-refractivity contribution is 0.480. The predicted molar refractivity (Wildman–Crippen MR) is 217 cm³/mol. The zero-order chi connectivity index (χ0) is 35.6. The van der Waals surface area contributed by atoms with Crippen LogP contribution in [0.1, 0.15) is 27.8 Å². The molecule has 52 heavy (non-hydrogen) atoms. The number of fused-ring (bicyclic) bond motifs is 6. The first-order valence-corrected chi connectivity index (χ1v) is 17.7. The summed E-state index contributed by atoms with van der Waals surface area (Å²) in [6.07, 6.45) is 0. The normalized spacial score (nSPS) is 12.1. The molecule has 0 aliphatic heterocycles. The van der Waals surface area contributed by atoms with E-state index in [9.17, 15) is 4.79 Å². The van der Waals surface area contributed by atoms with Gasteiger partial charge in [-0.2, -0.15) is 0 Å². The summed E-state index contributed by atoms with van der Waals surface area (Å²) in [5.41, 5.74) is 6.97. The Labute approximate surface area is 300 Å². The second-order valence-electron chi connectivity index (χ2n) is 14.4. The van der Waals surface area contributed by atoms with Crippen LogP contribution in [-0.2, 0) is 0 Å². The Hall–Kier alpha value is -6.39. The lowest BCUT2D eigenvalue weighted by atomic mass is 9.86. The van der Waals surface area contributed by atoms with Crippen molar-refractivity contribution >= 4 is 76.9 Å². The van der Waals surface area contributed by atoms with Crippen molar-refractivity contribution in [3.8, 4) is 23.0 Å². The van der Waals surface area contributed by atoms with Crippen LogP contribution in [-0.4, -0.2) is 4.40 Å². The first-order valence-electron chi connectivity index (χ1n) is 17.7. The summed E-state index contributed by atoms with van der Waals surface area (Å²) in [6, 6.07) is 37.7. The van der Waals surface area contributed by atoms with E-state index in [0.717, 1.165) is 121 Å². The molecule has 0 N–H and O–H groups in total. The molecule has 2 aromatic heterocycles. The first kappa shape index (κ1) is 30.4. The van der Waals surface area contributed by atoms with Crippen LogP contribution in [0.4, 0.5) is 0 Å². The summed E-state index contributed by atoms with van der Waals surface area (Å²) in [7, 11) is 0. The second kappa shape index (κ2) is 10.8. The van der Waals surface area contributed by atoms with Crippen LogP contribution in [0.15, 0.2) is 114 Å². The van der Waals surface area contributed by atoms with Crippen molar-refractivity contribution in [2.45, 2.75) is 34.6 Å². The highest BCUT2D eigenvalue weighted by molar-refractivity contribution is 6.40. The Bertz CT molecular complexity index is 3240. The van der Waals surface area contributed by atoms with Gasteiger partial charge in [-0.15, -0.1) is 0 Å². The Balaban J connectivity index is 1.45. The van der Waals surface area contributed by atoms with Crippen molar-refractivity contribution in [2.75, 3.05) is 0 Å². The Kier molecular flexibility index (Phi) is 6.32. The molecule has 2 heterocycles. The maximum atomic E-state index is 14.8. The fourth-order valence-electron chi connectivity index (χ4n) is 8.61. The van der Waals surface area contributed by atoms with Gasteiger partial charge >= 0.3 is 0 Å². The summed E-state index contributed by atoms with van der Waals surface area (Å²) in [5.74, 6) is 3.21. The van der Waals surface area contributed by atoms with Gasteiger partial charge in [0.05, 0.1) is 11.0 Å². The number of rotatable bonds is 4. The highest BCUT2D eigenvalue weighted by Gasteiger charge is 2.25. The zero-order valence-electron chi connectivity index (χ0n) is 29.8. The lowest BCUT2D eigenvalue weighted by Crippen LogP contribution is -2.18. The Morgan fingerprint density at radius 3 is 1.81 bits per heavy atom. The average Bonchev–Trinajstić information content (AvgIpc) is 3.13. The minimum Gasteiger partial charge on any atom is -0.456 e. The molecule has 4 nitrogen and oxygen atoms in total. The van der Waals surface area contributed by atoms with Crippen molar-refractivity contribution < 1.29 is 9.47 Å². The topological polar surface area (TPSA) is 39.9 Å². The van der Waals surface area contributed by atoms with Crippen molar-refractivity contribution in [3.63, 3.8) is 0 Å². The van der Waals surface area contributed by atoms with Gasteiger partial charge in [-0.3, -0.25) is 9.20 Å². The van der Waals surface area contributed by atoms with E-state index in [4.69, 9.17) is 9.47 Å². The van der Waals surface area contributed by atoms with Gasteiger partial charge in [0.25, 0.3) is 5.56 Å². The second-order valence-corrected chi connectivity index (χ2v) is 14.4. The number of hydrogen-bond donors (Lipinski definition) is 0. The summed E-state index contributed by atoms with van der Waals surface area (Å²) in [4.78, 5) is 14.8. The summed E-state index contributed by atoms with van der Waals surface area (Å²) < 4.78 is 15.9. The van der Waals surface area contributed by atoms with Gasteiger partial charge in [-0.1, -0.05) is 84.9 Å². The quantitative estimate of drug-likeness (QED) is 0.138. The van der Waals surface area contributed by atoms with Gasteiger partial charge in [0.15, 0.2) is 0 Å². The average molecular weight is 674 g/mol. The molecule has 0 unspecified atom stereocenters. The molecule has 0 saturated heterocycles. The first-order chi connectivity index (χ1) is 25.2. The van der Waals surface area contributed by atoms with E-state index in [-0.39, 0.29) is 5.56 Å². The fourth-order valence-corrected chi connectivity index (χ4v) is 8.61. The molecule has 0 saturated carbocycles. The molecular weight excluding hydrogens is 639 g/mol. The van der Waals surface area contributed by atoms with E-state index in [2.05, 4.69) is 138 Å². The smallest absolute Gasteiger partial charge is 0.263 e. The van der Waals surface area contributed by atoms with Crippen LogP contribution in [0.2, 0.25) is 0 Å². The molecule has 0 amide bonds. The van der Waals surface area contributed by atoms with Crippen LogP contribution >= 0.6 is 0 Å². The summed E-state index contributed by atoms with van der Waals surface area (Å²) in [6.45, 7) is 14.9. The monoisotopic (exact) mass is 673 g/mol. The van der Waals surface area contributed by atoms with E-state index in [1.807, 2.05) is 16.5 Å². The van der Waals surface area contributed by atoms with Crippen LogP contribution in [0.3, 0.4) is 0 Å². The van der Waals surface area contributed by atoms with Crippen molar-refractivity contribution in [3.05, 3.63) is 153 Å². The van der Waals surface area contributed by atoms with Gasteiger partial charge in [0.1, 0.15) is 23.0 Å². The number of benzene rings is 8. The lowest BCUT2D eigenvalue weighted by Gasteiger charge is -2.23. The van der Waals surface area contributed by atoms with Gasteiger partial charge in [-0.05, 0) is 115 Å². The molecule has 250 valence electrons. The largest absolute Gasteiger partial charge is 0.456 e. The summed E-state index contributed by atoms with van der Waals surface area (Å²) >= 11 is 0. The van der Waals surface area contributed by atoms with E-state index in [1.165, 1.54) is 0 Å². The summed E-state index contributed by atoms with van der Waals surface area (Å²) in [5, 5.41) is 11.6. The van der Waals surface area contributed by atoms with Crippen LogP contribution in [0.25, 0.3) is 76.9 Å². The van der Waals surface area contributed by atoms with Crippen LogP contribution < -0.4 is 20.3 Å². The molecule has 10 aromatic rings. The molecule has 10 rings (SSSR count). The zero-order valence-corrected chi connectivity index (χ0v) is 29.8. The fraction of sp³-hybridized carbons (Fsp3) is 0.104. The highest BCUT2D eigenvalue weighted by atomic mass is 16.5. The maximum Gasteiger partial charge on any atom is 0.263 e. The Morgan fingerprint density at radius 2 is 1.10 bits per heavy atom. The van der Waals surface area contributed by atoms with Crippen molar-refractivity contribution in [1.29, 1.82) is 0 Å². The molecule has 0 spiro atoms. The van der Waals surface area contributed by atoms with E-state index >= 15 is 0 Å². The molecule has 8 aromatic carbocycles. The number of hydrogen-bond acceptors (Lipinski definition) is 3. The standard InChI is InChI=1S/C48H35NO3/c1-25-16-20-37-35(22-25)30(6)23-38-36-24-40(52-47-28(4)12-8-13-29(47)5)44-32-15-9-14-31-17-21-39(51-46-26(2)10-7-11-27(46)3)43(41(31)32)33-18-19-34(42(36)45(33)44)48(50)49(37)38/h7-24H,6H2,1-5H3. The predicted octanol–water partition coefficient (Wildman–Crippen LogP) is 11.9. The minimum atomic E-state index is -0.0543. The third kappa shape index (κ3) is 4.12.